The molecule has 3 aromatic carbocycles. The molecule has 0 saturated carbocycles. The lowest BCUT2D eigenvalue weighted by Gasteiger charge is -2.17. The van der Waals surface area contributed by atoms with Crippen LogP contribution in [-0.4, -0.2) is 42.4 Å². The molecule has 5 aromatic rings. The molecule has 0 saturated heterocycles. The van der Waals surface area contributed by atoms with E-state index in [1.807, 2.05) is 55.5 Å². The Hall–Kier alpha value is -5.06. The molecule has 2 heterocycles. The van der Waals surface area contributed by atoms with Crippen molar-refractivity contribution in [3.63, 3.8) is 0 Å². The van der Waals surface area contributed by atoms with Gasteiger partial charge in [0.2, 0.25) is 11.8 Å². The van der Waals surface area contributed by atoms with Crippen molar-refractivity contribution in [3.05, 3.63) is 94.3 Å². The summed E-state index contributed by atoms with van der Waals surface area (Å²) in [6, 6.07) is 22.2. The fraction of sp³-hybridized carbons (Fsp3) is 0.267. The van der Waals surface area contributed by atoms with E-state index in [9.17, 15) is 9.59 Å². The van der Waals surface area contributed by atoms with Crippen molar-refractivity contribution in [1.82, 2.24) is 30.2 Å². The Bertz CT molecular complexity index is 1650. The third kappa shape index (κ3) is 6.93. The average molecular weight is 554 g/mol. The van der Waals surface area contributed by atoms with E-state index in [4.69, 9.17) is 9.47 Å². The highest BCUT2D eigenvalue weighted by Crippen LogP contribution is 2.19. The maximum Gasteiger partial charge on any atom is 0.414 e. The van der Waals surface area contributed by atoms with E-state index >= 15 is 0 Å². The molecule has 210 valence electrons. The SMILES string of the molecule is CCCCC(C)OC(=O)Nc1nc2ccccc2c(=O)n1Cc1ccc(OCc2ccc(-c3nn[nH]n3)cc2)cc1. The molecule has 1 unspecified atom stereocenters. The zero-order chi connectivity index (χ0) is 28.6. The molecule has 0 aliphatic heterocycles. The van der Waals surface area contributed by atoms with Crippen molar-refractivity contribution in [1.29, 1.82) is 0 Å². The van der Waals surface area contributed by atoms with Gasteiger partial charge in [0, 0.05) is 5.56 Å². The quantitative estimate of drug-likeness (QED) is 0.224. The van der Waals surface area contributed by atoms with Crippen LogP contribution in [0.15, 0.2) is 77.6 Å². The first-order chi connectivity index (χ1) is 20.0. The summed E-state index contributed by atoms with van der Waals surface area (Å²) in [5, 5.41) is 17.1. The largest absolute Gasteiger partial charge is 0.489 e. The molecule has 0 aliphatic rings. The zero-order valence-corrected chi connectivity index (χ0v) is 22.9. The lowest BCUT2D eigenvalue weighted by molar-refractivity contribution is 0.114. The van der Waals surface area contributed by atoms with Gasteiger partial charge >= 0.3 is 6.09 Å². The van der Waals surface area contributed by atoms with Crippen molar-refractivity contribution in [2.75, 3.05) is 5.32 Å². The zero-order valence-electron chi connectivity index (χ0n) is 22.9. The molecule has 1 atom stereocenters. The van der Waals surface area contributed by atoms with Gasteiger partial charge in [0.05, 0.1) is 17.4 Å². The highest BCUT2D eigenvalue weighted by molar-refractivity contribution is 5.85. The Kier molecular flexibility index (Phi) is 8.63. The van der Waals surface area contributed by atoms with Crippen LogP contribution >= 0.6 is 0 Å². The van der Waals surface area contributed by atoms with Crippen LogP contribution in [0.3, 0.4) is 0 Å². The number of ether oxygens (including phenoxy) is 2. The van der Waals surface area contributed by atoms with E-state index in [-0.39, 0.29) is 24.2 Å². The number of benzene rings is 3. The predicted octanol–water partition coefficient (Wildman–Crippen LogP) is 5.33. The van der Waals surface area contributed by atoms with Crippen molar-refractivity contribution < 1.29 is 14.3 Å². The number of nitrogens with zero attached hydrogens (tertiary/aromatic N) is 5. The molecule has 11 nitrogen and oxygen atoms in total. The van der Waals surface area contributed by atoms with Gasteiger partial charge in [0.15, 0.2) is 0 Å². The predicted molar refractivity (Wildman–Crippen MR) is 155 cm³/mol. The molecule has 11 heteroatoms. The molecule has 0 bridgehead atoms. The number of aromatic nitrogens is 6. The summed E-state index contributed by atoms with van der Waals surface area (Å²) < 4.78 is 12.9. The lowest BCUT2D eigenvalue weighted by Crippen LogP contribution is -2.29. The van der Waals surface area contributed by atoms with Crippen molar-refractivity contribution in [2.45, 2.75) is 52.4 Å². The maximum absolute atomic E-state index is 13.4. The van der Waals surface area contributed by atoms with Crippen LogP contribution < -0.4 is 15.6 Å². The maximum atomic E-state index is 13.4. The number of rotatable bonds is 11. The Labute approximate surface area is 236 Å². The highest BCUT2D eigenvalue weighted by Gasteiger charge is 2.16. The second kappa shape index (κ2) is 12.9. The number of fused-ring (bicyclic) bond motifs is 1. The van der Waals surface area contributed by atoms with Crippen LogP contribution in [0, 0.1) is 0 Å². The molecule has 0 aliphatic carbocycles. The molecule has 0 fully saturated rings. The number of para-hydroxylation sites is 1. The van der Waals surface area contributed by atoms with Crippen LogP contribution in [0.5, 0.6) is 5.75 Å². The van der Waals surface area contributed by atoms with Gasteiger partial charge in [-0.1, -0.05) is 68.3 Å². The van der Waals surface area contributed by atoms with Gasteiger partial charge in [-0.05, 0) is 54.0 Å². The molecule has 2 aromatic heterocycles. The number of nitrogens with one attached hydrogen (secondary N) is 2. The van der Waals surface area contributed by atoms with Crippen molar-refractivity contribution >= 4 is 22.9 Å². The van der Waals surface area contributed by atoms with E-state index < -0.39 is 6.09 Å². The minimum Gasteiger partial charge on any atom is -0.489 e. The number of carbonyl (C=O) groups is 1. The summed E-state index contributed by atoms with van der Waals surface area (Å²) in [7, 11) is 0. The molecule has 5 rings (SSSR count). The first-order valence-electron chi connectivity index (χ1n) is 13.5. The highest BCUT2D eigenvalue weighted by atomic mass is 16.6. The summed E-state index contributed by atoms with van der Waals surface area (Å²) in [4.78, 5) is 30.6. The topological polar surface area (TPSA) is 137 Å². The molecule has 41 heavy (non-hydrogen) atoms. The number of aromatic amines is 1. The van der Waals surface area contributed by atoms with Gasteiger partial charge in [0.25, 0.3) is 5.56 Å². The summed E-state index contributed by atoms with van der Waals surface area (Å²) in [6.07, 6.45) is 1.86. The lowest BCUT2D eigenvalue weighted by atomic mass is 10.1. The molecule has 0 spiro atoms. The first-order valence-corrected chi connectivity index (χ1v) is 13.5. The Morgan fingerprint density at radius 1 is 1.02 bits per heavy atom. The summed E-state index contributed by atoms with van der Waals surface area (Å²) in [5.41, 5.74) is 2.93. The van der Waals surface area contributed by atoms with Crippen molar-refractivity contribution in [3.8, 4) is 17.1 Å². The smallest absolute Gasteiger partial charge is 0.414 e. The first kappa shape index (κ1) is 27.5. The molecule has 1 amide bonds. The molecule has 0 radical (unpaired) electrons. The van der Waals surface area contributed by atoms with E-state index in [1.54, 1.807) is 24.3 Å². The van der Waals surface area contributed by atoms with Crippen LogP contribution in [0.25, 0.3) is 22.3 Å². The van der Waals surface area contributed by atoms with E-state index in [0.29, 0.717) is 29.1 Å². The molecular formula is C30H31N7O4. The number of amides is 1. The van der Waals surface area contributed by atoms with E-state index in [1.165, 1.54) is 4.57 Å². The fourth-order valence-corrected chi connectivity index (χ4v) is 4.34. The Balaban J connectivity index is 1.28. The van der Waals surface area contributed by atoms with Gasteiger partial charge in [-0.25, -0.2) is 9.78 Å². The van der Waals surface area contributed by atoms with Gasteiger partial charge in [-0.15, -0.1) is 10.2 Å². The number of anilines is 1. The monoisotopic (exact) mass is 553 g/mol. The van der Waals surface area contributed by atoms with Crippen molar-refractivity contribution in [2.24, 2.45) is 0 Å². The Morgan fingerprint density at radius 2 is 1.78 bits per heavy atom. The summed E-state index contributed by atoms with van der Waals surface area (Å²) >= 11 is 0. The minimum absolute atomic E-state index is 0.131. The van der Waals surface area contributed by atoms with Crippen LogP contribution in [0.2, 0.25) is 0 Å². The average Bonchev–Trinajstić information content (AvgIpc) is 3.53. The number of tetrazole rings is 1. The minimum atomic E-state index is -0.640. The van der Waals surface area contributed by atoms with Gasteiger partial charge in [-0.3, -0.25) is 14.7 Å². The number of hydrogen-bond donors (Lipinski definition) is 2. The third-order valence-electron chi connectivity index (χ3n) is 6.57. The van der Waals surface area contributed by atoms with Gasteiger partial charge < -0.3 is 9.47 Å². The molecule has 2 N–H and O–H groups in total. The normalized spacial score (nSPS) is 11.8. The summed E-state index contributed by atoms with van der Waals surface area (Å²) in [6.45, 7) is 4.52. The van der Waals surface area contributed by atoms with E-state index in [0.717, 1.165) is 36.0 Å². The van der Waals surface area contributed by atoms with Crippen LogP contribution in [-0.2, 0) is 17.9 Å². The number of unbranched alkanes of at least 4 members (excludes halogenated alkanes) is 1. The standard InChI is InChI=1S/C30H31N7O4/c1-3-4-7-20(2)41-30(39)32-29-31-26-9-6-5-8-25(26)28(38)37(29)18-21-12-16-24(17-13-21)40-19-22-10-14-23(15-11-22)27-33-35-36-34-27/h5-6,8-17,20H,3-4,7,18-19H2,1-2H3,(H,31,32,39)(H,33,34,35,36). The third-order valence-corrected chi connectivity index (χ3v) is 6.57. The summed E-state index contributed by atoms with van der Waals surface area (Å²) in [5.74, 6) is 1.35. The molecular weight excluding hydrogens is 522 g/mol. The van der Waals surface area contributed by atoms with Gasteiger partial charge in [0.1, 0.15) is 18.5 Å². The Morgan fingerprint density at radius 3 is 2.51 bits per heavy atom. The second-order valence-corrected chi connectivity index (χ2v) is 9.69. The van der Waals surface area contributed by atoms with Crippen LogP contribution in [0.4, 0.5) is 10.7 Å². The van der Waals surface area contributed by atoms with Gasteiger partial charge in [-0.2, -0.15) is 5.21 Å². The second-order valence-electron chi connectivity index (χ2n) is 9.69. The van der Waals surface area contributed by atoms with E-state index in [2.05, 4.69) is 37.8 Å². The number of H-pyrrole nitrogens is 1. The van der Waals surface area contributed by atoms with Crippen LogP contribution in [0.1, 0.15) is 44.2 Å². The number of hydrogen-bond acceptors (Lipinski definition) is 8. The number of carbonyl (C=O) groups excluding carboxylic acids is 1. The fourth-order valence-electron chi connectivity index (χ4n) is 4.34.